The first kappa shape index (κ1) is 16.1. The Morgan fingerprint density at radius 1 is 0.654 bits per heavy atom. The van der Waals surface area contributed by atoms with Crippen molar-refractivity contribution in [3.63, 3.8) is 0 Å². The Balaban J connectivity index is 1.85. The molecule has 0 unspecified atom stereocenters. The summed E-state index contributed by atoms with van der Waals surface area (Å²) in [5.41, 5.74) is 1.64. The molecule has 1 aliphatic heterocycles. The molecule has 128 valence electrons. The number of benzene rings is 3. The van der Waals surface area contributed by atoms with E-state index in [0.29, 0.717) is 11.7 Å². The second-order valence-corrected chi connectivity index (χ2v) is 5.87. The average Bonchev–Trinajstić information content (AvgIpc) is 2.69. The van der Waals surface area contributed by atoms with E-state index in [2.05, 4.69) is 15.3 Å². The van der Waals surface area contributed by atoms with Crippen molar-refractivity contribution in [2.75, 3.05) is 0 Å². The number of alkyl halides is 1. The predicted molar refractivity (Wildman–Crippen MR) is 98.3 cm³/mol. The number of rotatable bonds is 3. The quantitative estimate of drug-likeness (QED) is 0.701. The van der Waals surface area contributed by atoms with Crippen LogP contribution in [0, 0.1) is 5.82 Å². The van der Waals surface area contributed by atoms with Gasteiger partial charge in [0.05, 0.1) is 0 Å². The van der Waals surface area contributed by atoms with Crippen molar-refractivity contribution in [1.82, 2.24) is 5.32 Å². The monoisotopic (exact) mass is 347 g/mol. The first-order valence-corrected chi connectivity index (χ1v) is 8.17. The van der Waals surface area contributed by atoms with E-state index in [4.69, 9.17) is 0 Å². The lowest BCUT2D eigenvalue weighted by atomic mass is 10.1. The van der Waals surface area contributed by atoms with E-state index in [-0.39, 0.29) is 5.56 Å². The molecule has 3 aromatic rings. The van der Waals surface area contributed by atoms with Crippen molar-refractivity contribution in [2.45, 2.75) is 5.92 Å². The maximum Gasteiger partial charge on any atom is 0.325 e. The largest absolute Gasteiger partial charge is 0.325 e. The smallest absolute Gasteiger partial charge is 0.324 e. The normalized spacial score (nSPS) is 15.6. The van der Waals surface area contributed by atoms with Crippen molar-refractivity contribution in [1.29, 1.82) is 0 Å². The molecule has 26 heavy (non-hydrogen) atoms. The Bertz CT molecular complexity index is 910. The summed E-state index contributed by atoms with van der Waals surface area (Å²) >= 11 is 0. The number of nitrogens with zero attached hydrogens (tertiary/aromatic N) is 2. The lowest BCUT2D eigenvalue weighted by molar-refractivity contribution is 0.188. The van der Waals surface area contributed by atoms with E-state index < -0.39 is 11.7 Å². The van der Waals surface area contributed by atoms with E-state index >= 15 is 4.39 Å². The lowest BCUT2D eigenvalue weighted by Gasteiger charge is -2.26. The maximum absolute atomic E-state index is 15.8. The maximum atomic E-state index is 15.8. The third-order valence-electron chi connectivity index (χ3n) is 4.06. The van der Waals surface area contributed by atoms with Crippen molar-refractivity contribution in [3.05, 3.63) is 107 Å². The summed E-state index contributed by atoms with van der Waals surface area (Å²) in [4.78, 5) is 8.38. The second-order valence-electron chi connectivity index (χ2n) is 5.87. The molecule has 1 aliphatic rings. The first-order valence-electron chi connectivity index (χ1n) is 8.17. The molecule has 1 heterocycles. The fraction of sp³-hybridized carbons (Fsp3) is 0.0476. The second kappa shape index (κ2) is 6.52. The molecule has 3 nitrogen and oxygen atoms in total. The Hall–Kier alpha value is -3.34. The molecule has 0 radical (unpaired) electrons. The highest BCUT2D eigenvalue weighted by atomic mass is 19.2. The molecule has 0 fully saturated rings. The van der Waals surface area contributed by atoms with E-state index in [1.165, 1.54) is 24.3 Å². The van der Waals surface area contributed by atoms with Gasteiger partial charge < -0.3 is 5.32 Å². The zero-order valence-electron chi connectivity index (χ0n) is 13.7. The third kappa shape index (κ3) is 3.11. The Kier molecular flexibility index (Phi) is 4.05. The zero-order chi connectivity index (χ0) is 18.0. The van der Waals surface area contributed by atoms with Crippen LogP contribution in [0.3, 0.4) is 0 Å². The lowest BCUT2D eigenvalue weighted by Crippen LogP contribution is -2.40. The van der Waals surface area contributed by atoms with Gasteiger partial charge in [0.15, 0.2) is 0 Å². The summed E-state index contributed by atoms with van der Waals surface area (Å²) in [7, 11) is 0. The highest BCUT2D eigenvalue weighted by Gasteiger charge is 2.36. The van der Waals surface area contributed by atoms with Crippen LogP contribution in [0.2, 0.25) is 0 Å². The Morgan fingerprint density at radius 2 is 1.12 bits per heavy atom. The minimum absolute atomic E-state index is 0.169. The molecule has 0 aromatic heterocycles. The van der Waals surface area contributed by atoms with Gasteiger partial charge in [-0.2, -0.15) is 4.39 Å². The van der Waals surface area contributed by atoms with Crippen LogP contribution in [0.4, 0.5) is 8.78 Å². The molecule has 5 heteroatoms. The van der Waals surface area contributed by atoms with E-state index in [1.54, 1.807) is 0 Å². The fourth-order valence-electron chi connectivity index (χ4n) is 2.75. The summed E-state index contributed by atoms with van der Waals surface area (Å²) < 4.78 is 29.0. The van der Waals surface area contributed by atoms with Crippen LogP contribution in [0.5, 0.6) is 0 Å². The third-order valence-corrected chi connectivity index (χ3v) is 4.06. The highest BCUT2D eigenvalue weighted by Crippen LogP contribution is 2.33. The van der Waals surface area contributed by atoms with Crippen molar-refractivity contribution < 1.29 is 8.78 Å². The van der Waals surface area contributed by atoms with Crippen LogP contribution in [-0.4, -0.2) is 11.7 Å². The fourth-order valence-corrected chi connectivity index (χ4v) is 2.75. The van der Waals surface area contributed by atoms with Gasteiger partial charge in [-0.25, -0.2) is 14.4 Å². The van der Waals surface area contributed by atoms with Gasteiger partial charge in [-0.15, -0.1) is 0 Å². The van der Waals surface area contributed by atoms with Crippen LogP contribution in [-0.2, 0) is 5.92 Å². The topological polar surface area (TPSA) is 36.8 Å². The standard InChI is InChI=1S/C21H15F2N3/c22-18-13-11-17(12-14-18)21(23)25-19(15-7-3-1-4-8-15)24-20(26-21)16-9-5-2-6-10-16/h1-14H,(H,24,25,26). The molecule has 0 amide bonds. The summed E-state index contributed by atoms with van der Waals surface area (Å²) in [5.74, 6) is -2.04. The average molecular weight is 347 g/mol. The Labute approximate surface area is 149 Å². The van der Waals surface area contributed by atoms with E-state index in [1.807, 2.05) is 60.7 Å². The molecule has 0 saturated heterocycles. The van der Waals surface area contributed by atoms with Gasteiger partial charge in [-0.05, 0) is 24.3 Å². The minimum atomic E-state index is -2.34. The van der Waals surface area contributed by atoms with Gasteiger partial charge in [0.1, 0.15) is 17.5 Å². The van der Waals surface area contributed by atoms with Crippen LogP contribution in [0.15, 0.2) is 94.9 Å². The summed E-state index contributed by atoms with van der Waals surface area (Å²) in [5, 5.41) is 3.11. The van der Waals surface area contributed by atoms with Gasteiger partial charge in [0.2, 0.25) is 0 Å². The van der Waals surface area contributed by atoms with Crippen molar-refractivity contribution in [2.24, 2.45) is 9.98 Å². The number of nitrogens with one attached hydrogen (secondary N) is 1. The van der Waals surface area contributed by atoms with Crippen molar-refractivity contribution >= 4 is 11.7 Å². The zero-order valence-corrected chi connectivity index (χ0v) is 13.7. The molecule has 0 spiro atoms. The van der Waals surface area contributed by atoms with Crippen LogP contribution in [0.1, 0.15) is 16.7 Å². The summed E-state index contributed by atoms with van der Waals surface area (Å²) in [6, 6.07) is 23.6. The highest BCUT2D eigenvalue weighted by molar-refractivity contribution is 6.16. The van der Waals surface area contributed by atoms with Crippen molar-refractivity contribution in [3.8, 4) is 0 Å². The van der Waals surface area contributed by atoms with Crippen LogP contribution in [0.25, 0.3) is 0 Å². The van der Waals surface area contributed by atoms with Crippen LogP contribution < -0.4 is 5.32 Å². The molecule has 1 N–H and O–H groups in total. The number of aliphatic imine (C=N–C) groups is 2. The number of hydrogen-bond donors (Lipinski definition) is 1. The molecular weight excluding hydrogens is 332 g/mol. The molecular formula is C21H15F2N3. The van der Waals surface area contributed by atoms with E-state index in [9.17, 15) is 4.39 Å². The van der Waals surface area contributed by atoms with E-state index in [0.717, 1.165) is 11.1 Å². The SMILES string of the molecule is Fc1ccc(C2(F)N=C(c3ccccc3)NC(c3ccccc3)=N2)cc1. The minimum Gasteiger partial charge on any atom is -0.324 e. The van der Waals surface area contributed by atoms with Crippen LogP contribution >= 0.6 is 0 Å². The molecule has 0 saturated carbocycles. The Morgan fingerprint density at radius 3 is 1.58 bits per heavy atom. The van der Waals surface area contributed by atoms with Gasteiger partial charge in [0, 0.05) is 16.7 Å². The summed E-state index contributed by atoms with van der Waals surface area (Å²) in [6.45, 7) is 0. The molecule has 0 aliphatic carbocycles. The molecule has 0 atom stereocenters. The summed E-state index contributed by atoms with van der Waals surface area (Å²) in [6.07, 6.45) is 0. The molecule has 0 bridgehead atoms. The molecule has 4 rings (SSSR count). The number of halogens is 2. The number of hydrogen-bond acceptors (Lipinski definition) is 3. The number of amidine groups is 2. The predicted octanol–water partition coefficient (Wildman–Crippen LogP) is 4.40. The van der Waals surface area contributed by atoms with Gasteiger partial charge in [-0.1, -0.05) is 60.7 Å². The first-order chi connectivity index (χ1) is 12.6. The molecule has 3 aromatic carbocycles. The van der Waals surface area contributed by atoms with Gasteiger partial charge >= 0.3 is 5.92 Å². The van der Waals surface area contributed by atoms with Gasteiger partial charge in [-0.3, -0.25) is 0 Å². The van der Waals surface area contributed by atoms with Gasteiger partial charge in [0.25, 0.3) is 0 Å².